The standard InChI is InChI=1S/C13H21N3O3S/c1-13(2,20(3,18)19)9-15-8-10-4-6-11(7-5-10)12(14)16-17/h4-7,15,17H,8-9H2,1-3H3,(H2,14,16). The molecule has 1 rings (SSSR count). The second-order valence-corrected chi connectivity index (χ2v) is 7.97. The van der Waals surface area contributed by atoms with Crippen LogP contribution in [-0.2, 0) is 16.4 Å². The van der Waals surface area contributed by atoms with E-state index in [2.05, 4.69) is 10.5 Å². The molecule has 4 N–H and O–H groups in total. The maximum atomic E-state index is 11.6. The van der Waals surface area contributed by atoms with Gasteiger partial charge in [0.05, 0.1) is 4.75 Å². The summed E-state index contributed by atoms with van der Waals surface area (Å²) in [6.07, 6.45) is 1.24. The van der Waals surface area contributed by atoms with E-state index in [1.165, 1.54) is 6.26 Å². The number of nitrogens with zero attached hydrogens (tertiary/aromatic N) is 1. The minimum Gasteiger partial charge on any atom is -0.409 e. The molecule has 0 fully saturated rings. The fraction of sp³-hybridized carbons (Fsp3) is 0.462. The first-order chi connectivity index (χ1) is 9.17. The van der Waals surface area contributed by atoms with Gasteiger partial charge in [-0.1, -0.05) is 29.4 Å². The molecule has 0 unspecified atom stereocenters. The molecule has 6 nitrogen and oxygen atoms in total. The van der Waals surface area contributed by atoms with E-state index in [0.717, 1.165) is 5.56 Å². The third kappa shape index (κ3) is 4.21. The number of nitrogens with two attached hydrogens (primary N) is 1. The van der Waals surface area contributed by atoms with E-state index in [1.807, 2.05) is 12.1 Å². The van der Waals surface area contributed by atoms with Crippen molar-refractivity contribution in [1.82, 2.24) is 5.32 Å². The van der Waals surface area contributed by atoms with Gasteiger partial charge in [0.2, 0.25) is 0 Å². The summed E-state index contributed by atoms with van der Waals surface area (Å²) >= 11 is 0. The Labute approximate surface area is 119 Å². The Kier molecular flexibility index (Phi) is 5.13. The summed E-state index contributed by atoms with van der Waals surface area (Å²) in [5.41, 5.74) is 7.09. The molecule has 0 saturated carbocycles. The molecule has 20 heavy (non-hydrogen) atoms. The van der Waals surface area contributed by atoms with Gasteiger partial charge in [-0.2, -0.15) is 0 Å². The van der Waals surface area contributed by atoms with E-state index >= 15 is 0 Å². The minimum absolute atomic E-state index is 0.0581. The predicted molar refractivity (Wildman–Crippen MR) is 79.6 cm³/mol. The van der Waals surface area contributed by atoms with E-state index in [0.29, 0.717) is 18.7 Å². The summed E-state index contributed by atoms with van der Waals surface area (Å²) in [4.78, 5) is 0. The van der Waals surface area contributed by atoms with Crippen LogP contribution >= 0.6 is 0 Å². The van der Waals surface area contributed by atoms with Crippen molar-refractivity contribution in [3.8, 4) is 0 Å². The van der Waals surface area contributed by atoms with Crippen LogP contribution in [0.5, 0.6) is 0 Å². The van der Waals surface area contributed by atoms with Gasteiger partial charge in [0.25, 0.3) is 0 Å². The maximum absolute atomic E-state index is 11.6. The summed E-state index contributed by atoms with van der Waals surface area (Å²) in [7, 11) is -3.10. The lowest BCUT2D eigenvalue weighted by molar-refractivity contribution is 0.318. The number of oxime groups is 1. The molecular weight excluding hydrogens is 278 g/mol. The third-order valence-electron chi connectivity index (χ3n) is 3.24. The highest BCUT2D eigenvalue weighted by Gasteiger charge is 2.29. The van der Waals surface area contributed by atoms with Crippen molar-refractivity contribution in [2.45, 2.75) is 25.1 Å². The predicted octanol–water partition coefficient (Wildman–Crippen LogP) is 0.694. The molecule has 0 bridgehead atoms. The van der Waals surface area contributed by atoms with Gasteiger partial charge in [-0.3, -0.25) is 0 Å². The third-order valence-corrected chi connectivity index (χ3v) is 5.39. The highest BCUT2D eigenvalue weighted by molar-refractivity contribution is 7.92. The van der Waals surface area contributed by atoms with E-state index in [-0.39, 0.29) is 5.84 Å². The van der Waals surface area contributed by atoms with Gasteiger partial charge in [-0.25, -0.2) is 8.42 Å². The molecule has 0 aromatic heterocycles. The van der Waals surface area contributed by atoms with Gasteiger partial charge in [0.15, 0.2) is 15.7 Å². The van der Waals surface area contributed by atoms with Crippen molar-refractivity contribution in [3.63, 3.8) is 0 Å². The fourth-order valence-corrected chi connectivity index (χ4v) is 1.85. The van der Waals surface area contributed by atoms with Gasteiger partial charge in [-0.05, 0) is 19.4 Å². The number of sulfone groups is 1. The van der Waals surface area contributed by atoms with Crippen molar-refractivity contribution in [2.24, 2.45) is 10.9 Å². The Balaban J connectivity index is 2.60. The van der Waals surface area contributed by atoms with Crippen LogP contribution in [0.1, 0.15) is 25.0 Å². The zero-order chi connectivity index (χ0) is 15.4. The smallest absolute Gasteiger partial charge is 0.170 e. The van der Waals surface area contributed by atoms with E-state index in [9.17, 15) is 8.42 Å². The Morgan fingerprint density at radius 3 is 2.35 bits per heavy atom. The molecule has 0 atom stereocenters. The second kappa shape index (κ2) is 6.23. The quantitative estimate of drug-likeness (QED) is 0.310. The molecule has 0 amide bonds. The Morgan fingerprint density at radius 1 is 1.35 bits per heavy atom. The number of nitrogens with one attached hydrogen (secondary N) is 1. The summed E-state index contributed by atoms with van der Waals surface area (Å²) < 4.78 is 22.3. The first-order valence-corrected chi connectivity index (χ1v) is 8.03. The lowest BCUT2D eigenvalue weighted by atomic mass is 10.1. The van der Waals surface area contributed by atoms with Gasteiger partial charge in [0, 0.05) is 24.9 Å². The first-order valence-electron chi connectivity index (χ1n) is 6.14. The zero-order valence-electron chi connectivity index (χ0n) is 11.9. The van der Waals surface area contributed by atoms with Crippen LogP contribution in [0.4, 0.5) is 0 Å². The van der Waals surface area contributed by atoms with Crippen LogP contribution in [0.25, 0.3) is 0 Å². The molecule has 0 aliphatic heterocycles. The Morgan fingerprint density at radius 2 is 1.90 bits per heavy atom. The van der Waals surface area contributed by atoms with Crippen molar-refractivity contribution in [3.05, 3.63) is 35.4 Å². The van der Waals surface area contributed by atoms with E-state index < -0.39 is 14.6 Å². The summed E-state index contributed by atoms with van der Waals surface area (Å²) in [5, 5.41) is 14.6. The van der Waals surface area contributed by atoms with Crippen molar-refractivity contribution < 1.29 is 13.6 Å². The van der Waals surface area contributed by atoms with Crippen LogP contribution in [0.2, 0.25) is 0 Å². The number of benzene rings is 1. The van der Waals surface area contributed by atoms with E-state index in [1.54, 1.807) is 26.0 Å². The lowest BCUT2D eigenvalue weighted by Crippen LogP contribution is -2.41. The first kappa shape index (κ1) is 16.5. The van der Waals surface area contributed by atoms with Crippen LogP contribution < -0.4 is 11.1 Å². The van der Waals surface area contributed by atoms with Gasteiger partial charge < -0.3 is 16.3 Å². The number of hydrogen-bond acceptors (Lipinski definition) is 5. The summed E-state index contributed by atoms with van der Waals surface area (Å²) in [5.74, 6) is 0.0581. The molecule has 1 aromatic carbocycles. The van der Waals surface area contributed by atoms with Crippen molar-refractivity contribution in [2.75, 3.05) is 12.8 Å². The summed E-state index contributed by atoms with van der Waals surface area (Å²) in [6.45, 7) is 4.30. The molecular formula is C13H21N3O3S. The maximum Gasteiger partial charge on any atom is 0.170 e. The molecule has 7 heteroatoms. The molecule has 0 radical (unpaired) electrons. The largest absolute Gasteiger partial charge is 0.409 e. The van der Waals surface area contributed by atoms with Crippen molar-refractivity contribution >= 4 is 15.7 Å². The highest BCUT2D eigenvalue weighted by atomic mass is 32.2. The summed E-state index contributed by atoms with van der Waals surface area (Å²) in [6, 6.07) is 7.17. The second-order valence-electron chi connectivity index (χ2n) is 5.32. The van der Waals surface area contributed by atoms with Crippen LogP contribution in [0.15, 0.2) is 29.4 Å². The topological polar surface area (TPSA) is 105 Å². The average molecular weight is 299 g/mol. The average Bonchev–Trinajstić information content (AvgIpc) is 2.37. The fourth-order valence-electron chi connectivity index (χ4n) is 1.49. The van der Waals surface area contributed by atoms with Crippen LogP contribution in [0, 0.1) is 0 Å². The SMILES string of the molecule is CC(C)(CNCc1ccc(C(N)=NO)cc1)S(C)(=O)=O. The van der Waals surface area contributed by atoms with Gasteiger partial charge in [0.1, 0.15) is 0 Å². The highest BCUT2D eigenvalue weighted by Crippen LogP contribution is 2.13. The Hall–Kier alpha value is -1.60. The number of rotatable bonds is 6. The Bertz CT molecular complexity index is 577. The molecule has 1 aromatic rings. The zero-order valence-corrected chi connectivity index (χ0v) is 12.7. The van der Waals surface area contributed by atoms with Crippen LogP contribution in [-0.4, -0.2) is 37.0 Å². The molecule has 0 aliphatic carbocycles. The molecule has 112 valence electrons. The molecule has 0 saturated heterocycles. The van der Waals surface area contributed by atoms with E-state index in [4.69, 9.17) is 10.9 Å². The van der Waals surface area contributed by atoms with Crippen LogP contribution in [0.3, 0.4) is 0 Å². The minimum atomic E-state index is -3.10. The number of amidine groups is 1. The molecule has 0 aliphatic rings. The lowest BCUT2D eigenvalue weighted by Gasteiger charge is -2.22. The normalized spacial score (nSPS) is 13.4. The number of hydrogen-bond donors (Lipinski definition) is 3. The molecule has 0 heterocycles. The van der Waals surface area contributed by atoms with Crippen molar-refractivity contribution in [1.29, 1.82) is 0 Å². The molecule has 0 spiro atoms. The van der Waals surface area contributed by atoms with Gasteiger partial charge in [-0.15, -0.1) is 0 Å². The monoisotopic (exact) mass is 299 g/mol. The van der Waals surface area contributed by atoms with Gasteiger partial charge >= 0.3 is 0 Å².